The Morgan fingerprint density at radius 3 is 2.53 bits per heavy atom. The Bertz CT molecular complexity index is 446. The molecule has 1 aromatic carbocycles. The normalized spacial score (nSPS) is 12.2. The van der Waals surface area contributed by atoms with Gasteiger partial charge in [0.1, 0.15) is 5.75 Å². The SMILES string of the molecule is CCCCNC(=O)C[S@](=O)Cc1c(Cl)cccc1Cl. The Balaban J connectivity index is 2.49. The number of hydrogen-bond acceptors (Lipinski definition) is 2. The molecule has 19 heavy (non-hydrogen) atoms. The maximum atomic E-state index is 11.9. The topological polar surface area (TPSA) is 46.2 Å². The molecule has 6 heteroatoms. The lowest BCUT2D eigenvalue weighted by molar-refractivity contribution is -0.118. The molecule has 1 rings (SSSR count). The molecule has 0 saturated heterocycles. The minimum absolute atomic E-state index is 0.0226. The van der Waals surface area contributed by atoms with Gasteiger partial charge in [-0.2, -0.15) is 0 Å². The lowest BCUT2D eigenvalue weighted by atomic mass is 10.2. The first-order valence-electron chi connectivity index (χ1n) is 6.09. The number of hydrogen-bond donors (Lipinski definition) is 1. The number of unbranched alkanes of at least 4 members (excludes halogenated alkanes) is 1. The number of halogens is 2. The van der Waals surface area contributed by atoms with Gasteiger partial charge in [0.2, 0.25) is 5.91 Å². The molecule has 1 atom stereocenters. The molecule has 106 valence electrons. The van der Waals surface area contributed by atoms with Crippen LogP contribution in [0.4, 0.5) is 0 Å². The average molecular weight is 322 g/mol. The highest BCUT2D eigenvalue weighted by Gasteiger charge is 2.12. The number of carbonyl (C=O) groups excluding carboxylic acids is 1. The Morgan fingerprint density at radius 1 is 1.32 bits per heavy atom. The van der Waals surface area contributed by atoms with Gasteiger partial charge in [0.05, 0.1) is 5.75 Å². The largest absolute Gasteiger partial charge is 0.355 e. The summed E-state index contributed by atoms with van der Waals surface area (Å²) in [6, 6.07) is 5.12. The molecular weight excluding hydrogens is 305 g/mol. The van der Waals surface area contributed by atoms with Crippen LogP contribution in [0.25, 0.3) is 0 Å². The van der Waals surface area contributed by atoms with Crippen molar-refractivity contribution in [2.24, 2.45) is 0 Å². The third-order valence-electron chi connectivity index (χ3n) is 2.51. The highest BCUT2D eigenvalue weighted by Crippen LogP contribution is 2.25. The van der Waals surface area contributed by atoms with Crippen LogP contribution in [0.3, 0.4) is 0 Å². The zero-order chi connectivity index (χ0) is 14.3. The molecule has 0 aliphatic carbocycles. The van der Waals surface area contributed by atoms with Gasteiger partial charge in [-0.1, -0.05) is 42.6 Å². The summed E-state index contributed by atoms with van der Waals surface area (Å²) in [6.07, 6.45) is 1.94. The van der Waals surface area contributed by atoms with Gasteiger partial charge < -0.3 is 5.32 Å². The summed E-state index contributed by atoms with van der Waals surface area (Å²) in [5, 5.41) is 3.69. The molecule has 0 saturated carbocycles. The van der Waals surface area contributed by atoms with Crippen LogP contribution in [-0.2, 0) is 21.3 Å². The maximum Gasteiger partial charge on any atom is 0.232 e. The third kappa shape index (κ3) is 5.93. The molecule has 3 nitrogen and oxygen atoms in total. The van der Waals surface area contributed by atoms with Crippen LogP contribution in [0.2, 0.25) is 10.0 Å². The zero-order valence-corrected chi connectivity index (χ0v) is 13.1. The predicted octanol–water partition coefficient (Wildman–Crippen LogP) is 3.16. The monoisotopic (exact) mass is 321 g/mol. The van der Waals surface area contributed by atoms with E-state index in [0.29, 0.717) is 22.2 Å². The van der Waals surface area contributed by atoms with E-state index in [9.17, 15) is 9.00 Å². The maximum absolute atomic E-state index is 11.9. The van der Waals surface area contributed by atoms with Gasteiger partial charge in [0, 0.05) is 33.0 Å². The van der Waals surface area contributed by atoms with Crippen LogP contribution < -0.4 is 5.32 Å². The molecule has 0 radical (unpaired) electrons. The summed E-state index contributed by atoms with van der Waals surface area (Å²) in [6.45, 7) is 2.67. The van der Waals surface area contributed by atoms with E-state index in [1.54, 1.807) is 18.2 Å². The summed E-state index contributed by atoms with van der Waals surface area (Å²) >= 11 is 12.0. The van der Waals surface area contributed by atoms with Crippen molar-refractivity contribution in [3.63, 3.8) is 0 Å². The molecular formula is C13H17Cl2NO2S. The fourth-order valence-corrected chi connectivity index (χ4v) is 3.30. The number of amides is 1. The molecule has 0 aliphatic rings. The van der Waals surface area contributed by atoms with Crippen molar-refractivity contribution in [3.8, 4) is 0 Å². The van der Waals surface area contributed by atoms with E-state index in [2.05, 4.69) is 5.32 Å². The van der Waals surface area contributed by atoms with E-state index in [1.165, 1.54) is 0 Å². The van der Waals surface area contributed by atoms with Gasteiger partial charge >= 0.3 is 0 Å². The Hall–Kier alpha value is -0.580. The van der Waals surface area contributed by atoms with E-state index >= 15 is 0 Å². The van der Waals surface area contributed by atoms with Gasteiger partial charge in [-0.3, -0.25) is 9.00 Å². The lowest BCUT2D eigenvalue weighted by Gasteiger charge is -2.07. The van der Waals surface area contributed by atoms with E-state index < -0.39 is 10.8 Å². The van der Waals surface area contributed by atoms with E-state index in [0.717, 1.165) is 12.8 Å². The summed E-state index contributed by atoms with van der Waals surface area (Å²) in [5.74, 6) is -0.0275. The molecule has 1 aromatic rings. The van der Waals surface area contributed by atoms with Gasteiger partial charge in [-0.05, 0) is 18.6 Å². The minimum Gasteiger partial charge on any atom is -0.355 e. The fraction of sp³-hybridized carbons (Fsp3) is 0.462. The molecule has 0 unspecified atom stereocenters. The number of carbonyl (C=O) groups is 1. The van der Waals surface area contributed by atoms with Crippen LogP contribution in [0.5, 0.6) is 0 Å². The quantitative estimate of drug-likeness (QED) is 0.784. The lowest BCUT2D eigenvalue weighted by Crippen LogP contribution is -2.29. The van der Waals surface area contributed by atoms with Crippen molar-refractivity contribution in [3.05, 3.63) is 33.8 Å². The van der Waals surface area contributed by atoms with Crippen molar-refractivity contribution in [1.82, 2.24) is 5.32 Å². The average Bonchev–Trinajstić information content (AvgIpc) is 2.34. The predicted molar refractivity (Wildman–Crippen MR) is 81.1 cm³/mol. The molecule has 1 amide bonds. The van der Waals surface area contributed by atoms with Crippen LogP contribution in [0.1, 0.15) is 25.3 Å². The van der Waals surface area contributed by atoms with E-state index in [4.69, 9.17) is 23.2 Å². The first-order chi connectivity index (χ1) is 9.04. The molecule has 0 aromatic heterocycles. The minimum atomic E-state index is -1.31. The van der Waals surface area contributed by atoms with Gasteiger partial charge in [0.25, 0.3) is 0 Å². The summed E-state index contributed by atoms with van der Waals surface area (Å²) < 4.78 is 11.9. The standard InChI is InChI=1S/C13H17Cl2NO2S/c1-2-3-7-16-13(17)9-19(18)8-10-11(14)5-4-6-12(10)15/h4-6H,2-3,7-9H2,1H3,(H,16,17)/t19-/m1/s1. The first-order valence-corrected chi connectivity index (χ1v) is 8.33. The zero-order valence-electron chi connectivity index (χ0n) is 10.7. The molecule has 0 aliphatic heterocycles. The number of rotatable bonds is 7. The van der Waals surface area contributed by atoms with Crippen molar-refractivity contribution in [2.45, 2.75) is 25.5 Å². The highest BCUT2D eigenvalue weighted by atomic mass is 35.5. The molecule has 0 fully saturated rings. The van der Waals surface area contributed by atoms with Crippen molar-refractivity contribution >= 4 is 39.9 Å². The number of nitrogens with one attached hydrogen (secondary N) is 1. The van der Waals surface area contributed by atoms with Gasteiger partial charge in [0.15, 0.2) is 0 Å². The fourth-order valence-electron chi connectivity index (χ4n) is 1.48. The van der Waals surface area contributed by atoms with Gasteiger partial charge in [-0.15, -0.1) is 0 Å². The molecule has 0 spiro atoms. The van der Waals surface area contributed by atoms with Crippen LogP contribution >= 0.6 is 23.2 Å². The molecule has 0 heterocycles. The summed E-state index contributed by atoms with van der Waals surface area (Å²) in [5.41, 5.74) is 0.630. The Morgan fingerprint density at radius 2 is 1.95 bits per heavy atom. The second kappa shape index (κ2) is 8.56. The van der Waals surface area contributed by atoms with Crippen molar-refractivity contribution in [1.29, 1.82) is 0 Å². The summed E-state index contributed by atoms with van der Waals surface area (Å²) in [4.78, 5) is 11.5. The molecule has 1 N–H and O–H groups in total. The number of benzene rings is 1. The second-order valence-electron chi connectivity index (χ2n) is 4.13. The first kappa shape index (κ1) is 16.5. The summed E-state index contributed by atoms with van der Waals surface area (Å²) in [7, 11) is -1.31. The van der Waals surface area contributed by atoms with Gasteiger partial charge in [-0.25, -0.2) is 0 Å². The third-order valence-corrected chi connectivity index (χ3v) is 4.41. The second-order valence-corrected chi connectivity index (χ2v) is 6.40. The Kier molecular flexibility index (Phi) is 7.42. The van der Waals surface area contributed by atoms with E-state index in [-0.39, 0.29) is 17.4 Å². The van der Waals surface area contributed by atoms with E-state index in [1.807, 2.05) is 6.92 Å². The molecule has 0 bridgehead atoms. The van der Waals surface area contributed by atoms with Crippen LogP contribution in [0, 0.1) is 0 Å². The van der Waals surface area contributed by atoms with Crippen molar-refractivity contribution < 1.29 is 9.00 Å². The highest BCUT2D eigenvalue weighted by molar-refractivity contribution is 7.84. The van der Waals surface area contributed by atoms with Crippen molar-refractivity contribution in [2.75, 3.05) is 12.3 Å². The van der Waals surface area contributed by atoms with Crippen LogP contribution in [-0.4, -0.2) is 22.4 Å². The smallest absolute Gasteiger partial charge is 0.232 e. The Labute approximate surface area is 126 Å². The van der Waals surface area contributed by atoms with Crippen LogP contribution in [0.15, 0.2) is 18.2 Å².